The smallest absolute Gasteiger partial charge is 0.410 e. The van der Waals surface area contributed by atoms with E-state index in [-0.39, 0.29) is 18.6 Å². The Morgan fingerprint density at radius 1 is 1.08 bits per heavy atom. The van der Waals surface area contributed by atoms with Crippen molar-refractivity contribution in [3.63, 3.8) is 0 Å². The molecule has 0 aromatic heterocycles. The van der Waals surface area contributed by atoms with Crippen LogP contribution in [0.3, 0.4) is 0 Å². The molecule has 1 aromatic rings. The minimum atomic E-state index is -0.831. The molecular weight excluding hydrogens is 486 g/mol. The van der Waals surface area contributed by atoms with Gasteiger partial charge in [0.1, 0.15) is 18.2 Å². The van der Waals surface area contributed by atoms with Gasteiger partial charge in [0.2, 0.25) is 5.91 Å². The summed E-state index contributed by atoms with van der Waals surface area (Å²) in [6.45, 7) is 7.63. The van der Waals surface area contributed by atoms with Crippen molar-refractivity contribution in [2.45, 2.75) is 115 Å². The van der Waals surface area contributed by atoms with Crippen LogP contribution >= 0.6 is 0 Å². The van der Waals surface area contributed by atoms with E-state index in [0.29, 0.717) is 31.7 Å². The van der Waals surface area contributed by atoms with Gasteiger partial charge in [0, 0.05) is 12.6 Å². The number of hydrogen-bond acceptors (Lipinski definition) is 6. The van der Waals surface area contributed by atoms with Gasteiger partial charge in [-0.3, -0.25) is 4.79 Å². The molecule has 1 aromatic carbocycles. The van der Waals surface area contributed by atoms with Crippen LogP contribution in [-0.2, 0) is 20.9 Å². The molecule has 0 radical (unpaired) electrons. The molecular formula is C29H45N3O6. The van der Waals surface area contributed by atoms with Gasteiger partial charge in [-0.05, 0) is 58.4 Å². The van der Waals surface area contributed by atoms with E-state index in [1.807, 2.05) is 30.3 Å². The molecule has 3 rings (SSSR count). The van der Waals surface area contributed by atoms with Gasteiger partial charge in [0.05, 0.1) is 12.1 Å². The summed E-state index contributed by atoms with van der Waals surface area (Å²) in [4.78, 5) is 40.3. The Kier molecular flexibility index (Phi) is 10.8. The van der Waals surface area contributed by atoms with Crippen molar-refractivity contribution >= 4 is 18.1 Å². The number of alkyl carbamates (subject to hydrolysis) is 1. The summed E-state index contributed by atoms with van der Waals surface area (Å²) in [5.74, 6) is 0.0791. The maximum Gasteiger partial charge on any atom is 0.410 e. The number of amides is 3. The molecule has 0 bridgehead atoms. The lowest BCUT2D eigenvalue weighted by Gasteiger charge is -2.29. The molecule has 4 atom stereocenters. The van der Waals surface area contributed by atoms with Crippen LogP contribution in [0, 0.1) is 5.92 Å². The van der Waals surface area contributed by atoms with Gasteiger partial charge in [0.25, 0.3) is 0 Å². The topological polar surface area (TPSA) is 117 Å². The molecule has 3 N–H and O–H groups in total. The summed E-state index contributed by atoms with van der Waals surface area (Å²) in [7, 11) is 0. The summed E-state index contributed by atoms with van der Waals surface area (Å²) in [6, 6.07) is 7.90. The maximum atomic E-state index is 13.4. The van der Waals surface area contributed by atoms with Gasteiger partial charge in [0.15, 0.2) is 0 Å². The van der Waals surface area contributed by atoms with Crippen molar-refractivity contribution in [1.82, 2.24) is 15.5 Å². The Labute approximate surface area is 226 Å². The second-order valence-corrected chi connectivity index (χ2v) is 11.7. The fraction of sp³-hybridized carbons (Fsp3) is 0.690. The molecule has 1 aliphatic carbocycles. The third-order valence-electron chi connectivity index (χ3n) is 7.38. The Bertz CT molecular complexity index is 913. The first-order chi connectivity index (χ1) is 18.0. The molecule has 1 heterocycles. The van der Waals surface area contributed by atoms with Gasteiger partial charge >= 0.3 is 12.2 Å². The standard InChI is InChI=1S/C29H45N3O6/c1-20-25(33)18-23(15-16-32(20)28(36)37-19-22-13-9-6-10-14-22)30-26(34)24(17-21-11-7-5-8-12-21)31-27(35)38-29(2,3)4/h6,9-10,13-14,20-21,23-25,33H,5,7-8,11-12,15-19H2,1-4H3,(H,30,34)(H,31,35)/t20-,23+,24?,25?/m1/s1. The van der Waals surface area contributed by atoms with Crippen molar-refractivity contribution in [3.8, 4) is 0 Å². The van der Waals surface area contributed by atoms with Crippen molar-refractivity contribution in [2.75, 3.05) is 6.54 Å². The van der Waals surface area contributed by atoms with E-state index < -0.39 is 36.0 Å². The highest BCUT2D eigenvalue weighted by Gasteiger charge is 2.35. The fourth-order valence-corrected chi connectivity index (χ4v) is 5.24. The summed E-state index contributed by atoms with van der Waals surface area (Å²) in [5.41, 5.74) is 0.214. The van der Waals surface area contributed by atoms with Crippen molar-refractivity contribution in [1.29, 1.82) is 0 Å². The largest absolute Gasteiger partial charge is 0.445 e. The predicted molar refractivity (Wildman–Crippen MR) is 144 cm³/mol. The lowest BCUT2D eigenvalue weighted by molar-refractivity contribution is -0.124. The number of likely N-dealkylation sites (tertiary alicyclic amines) is 1. The highest BCUT2D eigenvalue weighted by molar-refractivity contribution is 5.86. The molecule has 9 nitrogen and oxygen atoms in total. The maximum absolute atomic E-state index is 13.4. The second kappa shape index (κ2) is 13.8. The zero-order chi connectivity index (χ0) is 27.7. The van der Waals surface area contributed by atoms with Crippen LogP contribution in [0.1, 0.15) is 84.6 Å². The van der Waals surface area contributed by atoms with E-state index in [2.05, 4.69) is 10.6 Å². The molecule has 1 saturated carbocycles. The first-order valence-electron chi connectivity index (χ1n) is 14.0. The molecule has 2 unspecified atom stereocenters. The monoisotopic (exact) mass is 531 g/mol. The quantitative estimate of drug-likeness (QED) is 0.476. The number of aliphatic hydroxyl groups is 1. The van der Waals surface area contributed by atoms with Crippen LogP contribution in [0.25, 0.3) is 0 Å². The highest BCUT2D eigenvalue weighted by atomic mass is 16.6. The van der Waals surface area contributed by atoms with E-state index in [1.54, 1.807) is 27.7 Å². The zero-order valence-corrected chi connectivity index (χ0v) is 23.3. The third kappa shape index (κ3) is 9.49. The Morgan fingerprint density at radius 3 is 2.42 bits per heavy atom. The van der Waals surface area contributed by atoms with E-state index in [0.717, 1.165) is 31.2 Å². The number of benzene rings is 1. The lowest BCUT2D eigenvalue weighted by atomic mass is 9.84. The van der Waals surface area contributed by atoms with E-state index in [4.69, 9.17) is 9.47 Å². The number of hydrogen-bond donors (Lipinski definition) is 3. The molecule has 1 saturated heterocycles. The average Bonchev–Trinajstić information content (AvgIpc) is 3.00. The van der Waals surface area contributed by atoms with Gasteiger partial charge in [-0.1, -0.05) is 62.4 Å². The van der Waals surface area contributed by atoms with E-state index in [9.17, 15) is 19.5 Å². The number of rotatable bonds is 7. The average molecular weight is 532 g/mol. The molecule has 38 heavy (non-hydrogen) atoms. The van der Waals surface area contributed by atoms with Gasteiger partial charge < -0.3 is 30.1 Å². The predicted octanol–water partition coefficient (Wildman–Crippen LogP) is 4.52. The fourth-order valence-electron chi connectivity index (χ4n) is 5.24. The minimum absolute atomic E-state index is 0.151. The highest BCUT2D eigenvalue weighted by Crippen LogP contribution is 2.28. The number of ether oxygens (including phenoxy) is 2. The molecule has 9 heteroatoms. The number of nitrogens with one attached hydrogen (secondary N) is 2. The van der Waals surface area contributed by atoms with E-state index in [1.165, 1.54) is 11.3 Å². The van der Waals surface area contributed by atoms with Gasteiger partial charge in [-0.15, -0.1) is 0 Å². The van der Waals surface area contributed by atoms with Crippen LogP contribution in [0.5, 0.6) is 0 Å². The third-order valence-corrected chi connectivity index (χ3v) is 7.38. The number of nitrogens with zero attached hydrogens (tertiary/aromatic N) is 1. The van der Waals surface area contributed by atoms with Gasteiger partial charge in [-0.25, -0.2) is 9.59 Å². The van der Waals surface area contributed by atoms with Crippen LogP contribution < -0.4 is 10.6 Å². The number of carbonyl (C=O) groups is 3. The normalized spacial score (nSPS) is 23.6. The first kappa shape index (κ1) is 29.7. The summed E-state index contributed by atoms with van der Waals surface area (Å²) < 4.78 is 10.9. The van der Waals surface area contributed by atoms with Crippen LogP contribution in [-0.4, -0.2) is 64.5 Å². The summed E-state index contributed by atoms with van der Waals surface area (Å²) in [5, 5.41) is 16.6. The van der Waals surface area contributed by atoms with Crippen LogP contribution in [0.15, 0.2) is 30.3 Å². The summed E-state index contributed by atoms with van der Waals surface area (Å²) >= 11 is 0. The lowest BCUT2D eigenvalue weighted by Crippen LogP contribution is -2.52. The van der Waals surface area contributed by atoms with Crippen molar-refractivity contribution in [2.24, 2.45) is 5.92 Å². The van der Waals surface area contributed by atoms with E-state index >= 15 is 0 Å². The Balaban J connectivity index is 1.60. The van der Waals surface area contributed by atoms with Gasteiger partial charge in [-0.2, -0.15) is 0 Å². The SMILES string of the molecule is C[C@@H]1C(O)C[C@@H](NC(=O)C(CC2CCCCC2)NC(=O)OC(C)(C)C)CCN1C(=O)OCc1ccccc1. The van der Waals surface area contributed by atoms with Crippen LogP contribution in [0.4, 0.5) is 9.59 Å². The van der Waals surface area contributed by atoms with Crippen molar-refractivity contribution in [3.05, 3.63) is 35.9 Å². The number of aliphatic hydroxyl groups excluding tert-OH is 1. The second-order valence-electron chi connectivity index (χ2n) is 11.7. The zero-order valence-electron chi connectivity index (χ0n) is 23.3. The molecule has 2 fully saturated rings. The summed E-state index contributed by atoms with van der Waals surface area (Å²) in [6.07, 6.45) is 4.94. The number of carbonyl (C=O) groups excluding carboxylic acids is 3. The molecule has 3 amide bonds. The van der Waals surface area contributed by atoms with Crippen molar-refractivity contribution < 1.29 is 29.0 Å². The molecule has 0 spiro atoms. The minimum Gasteiger partial charge on any atom is -0.445 e. The van der Waals surface area contributed by atoms with Crippen LogP contribution in [0.2, 0.25) is 0 Å². The molecule has 212 valence electrons. The first-order valence-corrected chi connectivity index (χ1v) is 14.0. The Morgan fingerprint density at radius 2 is 1.76 bits per heavy atom. The molecule has 2 aliphatic rings. The Hall–Kier alpha value is -2.81. The molecule has 1 aliphatic heterocycles.